The molecule has 0 spiro atoms. The largest absolute Gasteiger partial charge is 0.489 e. The van der Waals surface area contributed by atoms with Crippen molar-refractivity contribution in [3.63, 3.8) is 0 Å². The van der Waals surface area contributed by atoms with Crippen LogP contribution in [-0.4, -0.2) is 0 Å². The first-order valence-electron chi connectivity index (χ1n) is 6.62. The van der Waals surface area contributed by atoms with E-state index in [0.717, 1.165) is 11.3 Å². The van der Waals surface area contributed by atoms with Crippen molar-refractivity contribution in [2.24, 2.45) is 5.73 Å². The van der Waals surface area contributed by atoms with E-state index in [9.17, 15) is 0 Å². The van der Waals surface area contributed by atoms with Crippen LogP contribution in [0.1, 0.15) is 35.2 Å². The maximum Gasteiger partial charge on any atom is 0.124 e. The summed E-state index contributed by atoms with van der Waals surface area (Å²) in [6, 6.07) is 14.2. The Morgan fingerprint density at radius 2 is 1.63 bits per heavy atom. The van der Waals surface area contributed by atoms with Gasteiger partial charge in [0.15, 0.2) is 0 Å². The molecule has 0 aliphatic rings. The Labute approximate surface area is 115 Å². The normalized spacial score (nSPS) is 12.2. The third-order valence-electron chi connectivity index (χ3n) is 3.43. The van der Waals surface area contributed by atoms with Crippen molar-refractivity contribution in [3.8, 4) is 5.75 Å². The highest BCUT2D eigenvalue weighted by molar-refractivity contribution is 5.37. The van der Waals surface area contributed by atoms with Gasteiger partial charge in [0, 0.05) is 11.6 Å². The molecule has 1 atom stereocenters. The number of nitrogens with two attached hydrogens (primary N) is 1. The van der Waals surface area contributed by atoms with Crippen LogP contribution in [0.5, 0.6) is 5.75 Å². The van der Waals surface area contributed by atoms with Crippen LogP contribution >= 0.6 is 0 Å². The molecule has 2 aromatic rings. The molecule has 0 aliphatic heterocycles. The van der Waals surface area contributed by atoms with Gasteiger partial charge in [-0.3, -0.25) is 0 Å². The van der Waals surface area contributed by atoms with Gasteiger partial charge in [-0.05, 0) is 43.5 Å². The van der Waals surface area contributed by atoms with Crippen LogP contribution in [0.3, 0.4) is 0 Å². The van der Waals surface area contributed by atoms with Gasteiger partial charge in [-0.25, -0.2) is 0 Å². The summed E-state index contributed by atoms with van der Waals surface area (Å²) in [6.45, 7) is 6.79. The van der Waals surface area contributed by atoms with Crippen molar-refractivity contribution in [2.45, 2.75) is 33.4 Å². The quantitative estimate of drug-likeness (QED) is 0.899. The highest BCUT2D eigenvalue weighted by Crippen LogP contribution is 2.25. The van der Waals surface area contributed by atoms with E-state index in [1.807, 2.05) is 31.2 Å². The molecule has 2 nitrogen and oxygen atoms in total. The Hall–Kier alpha value is -1.80. The van der Waals surface area contributed by atoms with E-state index in [-0.39, 0.29) is 6.04 Å². The maximum atomic E-state index is 5.97. The second-order valence-corrected chi connectivity index (χ2v) is 4.99. The minimum atomic E-state index is -0.0193. The van der Waals surface area contributed by atoms with Gasteiger partial charge in [0.2, 0.25) is 0 Å². The number of ether oxygens (including phenoxy) is 1. The number of hydrogen-bond acceptors (Lipinski definition) is 2. The van der Waals surface area contributed by atoms with Gasteiger partial charge in [-0.2, -0.15) is 0 Å². The average molecular weight is 255 g/mol. The van der Waals surface area contributed by atoms with Crippen LogP contribution in [0.4, 0.5) is 0 Å². The van der Waals surface area contributed by atoms with Crippen molar-refractivity contribution in [2.75, 3.05) is 0 Å². The summed E-state index contributed by atoms with van der Waals surface area (Å²) in [5, 5.41) is 0. The molecule has 0 radical (unpaired) electrons. The van der Waals surface area contributed by atoms with Gasteiger partial charge in [0.1, 0.15) is 12.4 Å². The number of para-hydroxylation sites is 1. The lowest BCUT2D eigenvalue weighted by molar-refractivity contribution is 0.300. The Morgan fingerprint density at radius 1 is 1.00 bits per heavy atom. The molecule has 0 bridgehead atoms. The molecule has 0 saturated carbocycles. The van der Waals surface area contributed by atoms with Crippen molar-refractivity contribution in [1.82, 2.24) is 0 Å². The molecular formula is C17H21NO. The fourth-order valence-corrected chi connectivity index (χ4v) is 2.21. The second-order valence-electron chi connectivity index (χ2n) is 4.99. The van der Waals surface area contributed by atoms with E-state index in [1.165, 1.54) is 16.7 Å². The van der Waals surface area contributed by atoms with Crippen LogP contribution in [0.25, 0.3) is 0 Å². The van der Waals surface area contributed by atoms with Crippen LogP contribution in [0.2, 0.25) is 0 Å². The molecule has 0 amide bonds. The molecule has 0 heterocycles. The first-order valence-corrected chi connectivity index (χ1v) is 6.62. The zero-order chi connectivity index (χ0) is 13.8. The summed E-state index contributed by atoms with van der Waals surface area (Å²) in [5.74, 6) is 0.875. The van der Waals surface area contributed by atoms with Crippen LogP contribution in [0, 0.1) is 13.8 Å². The summed E-state index contributed by atoms with van der Waals surface area (Å²) in [5.41, 5.74) is 10.8. The molecule has 2 N–H and O–H groups in total. The minimum Gasteiger partial charge on any atom is -0.489 e. The zero-order valence-corrected chi connectivity index (χ0v) is 11.8. The predicted molar refractivity (Wildman–Crippen MR) is 79.3 cm³/mol. The van der Waals surface area contributed by atoms with Gasteiger partial charge in [-0.15, -0.1) is 0 Å². The molecule has 2 rings (SSSR count). The molecule has 100 valence electrons. The topological polar surface area (TPSA) is 35.2 Å². The molecule has 2 aromatic carbocycles. The molecule has 0 saturated heterocycles. The summed E-state index contributed by atoms with van der Waals surface area (Å²) < 4.78 is 5.97. The predicted octanol–water partition coefficient (Wildman–Crippen LogP) is 3.90. The van der Waals surface area contributed by atoms with E-state index < -0.39 is 0 Å². The number of hydrogen-bond donors (Lipinski definition) is 1. The van der Waals surface area contributed by atoms with Gasteiger partial charge in [0.05, 0.1) is 0 Å². The molecule has 2 heteroatoms. The highest BCUT2D eigenvalue weighted by atomic mass is 16.5. The lowest BCUT2D eigenvalue weighted by atomic mass is 10.0. The summed E-state index contributed by atoms with van der Waals surface area (Å²) in [7, 11) is 0. The first-order chi connectivity index (χ1) is 9.09. The third kappa shape index (κ3) is 3.15. The van der Waals surface area contributed by atoms with Crippen molar-refractivity contribution in [1.29, 1.82) is 0 Å². The van der Waals surface area contributed by atoms with Crippen LogP contribution in [-0.2, 0) is 6.61 Å². The average Bonchev–Trinajstić information content (AvgIpc) is 2.38. The zero-order valence-electron chi connectivity index (χ0n) is 11.8. The minimum absolute atomic E-state index is 0.0193. The van der Waals surface area contributed by atoms with Crippen LogP contribution in [0.15, 0.2) is 42.5 Å². The van der Waals surface area contributed by atoms with Crippen molar-refractivity contribution in [3.05, 3.63) is 64.7 Å². The standard InChI is InChI=1S/C17H21NO/c1-12-7-6-8-13(2)16(12)11-19-17-10-5-4-9-15(17)14(3)18/h4-10,14H,11,18H2,1-3H3/t14-/m1/s1. The Morgan fingerprint density at radius 3 is 2.26 bits per heavy atom. The van der Waals surface area contributed by atoms with E-state index in [2.05, 4.69) is 32.0 Å². The van der Waals surface area contributed by atoms with E-state index in [4.69, 9.17) is 10.5 Å². The molecule has 0 aromatic heterocycles. The fraction of sp³-hybridized carbons (Fsp3) is 0.294. The van der Waals surface area contributed by atoms with E-state index in [1.54, 1.807) is 0 Å². The lowest BCUT2D eigenvalue weighted by Crippen LogP contribution is -2.08. The number of benzene rings is 2. The summed E-state index contributed by atoms with van der Waals surface area (Å²) >= 11 is 0. The third-order valence-corrected chi connectivity index (χ3v) is 3.43. The van der Waals surface area contributed by atoms with Gasteiger partial charge in [0.25, 0.3) is 0 Å². The number of aryl methyl sites for hydroxylation is 2. The van der Waals surface area contributed by atoms with Crippen molar-refractivity contribution >= 4 is 0 Å². The van der Waals surface area contributed by atoms with Gasteiger partial charge < -0.3 is 10.5 Å². The fourth-order valence-electron chi connectivity index (χ4n) is 2.21. The lowest BCUT2D eigenvalue weighted by Gasteiger charge is -2.15. The smallest absolute Gasteiger partial charge is 0.124 e. The van der Waals surface area contributed by atoms with Crippen LogP contribution < -0.4 is 10.5 Å². The number of rotatable bonds is 4. The second kappa shape index (κ2) is 5.89. The molecule has 0 unspecified atom stereocenters. The first kappa shape index (κ1) is 13.6. The Bertz CT molecular complexity index is 541. The molecule has 0 fully saturated rings. The highest BCUT2D eigenvalue weighted by Gasteiger charge is 2.08. The van der Waals surface area contributed by atoms with E-state index >= 15 is 0 Å². The van der Waals surface area contributed by atoms with Gasteiger partial charge in [-0.1, -0.05) is 36.4 Å². The van der Waals surface area contributed by atoms with Crippen molar-refractivity contribution < 1.29 is 4.74 Å². The van der Waals surface area contributed by atoms with E-state index in [0.29, 0.717) is 6.61 Å². The monoisotopic (exact) mass is 255 g/mol. The Kier molecular flexibility index (Phi) is 4.23. The molecule has 19 heavy (non-hydrogen) atoms. The summed E-state index contributed by atoms with van der Waals surface area (Å²) in [4.78, 5) is 0. The molecular weight excluding hydrogens is 234 g/mol. The maximum absolute atomic E-state index is 5.97. The SMILES string of the molecule is Cc1cccc(C)c1COc1ccccc1[C@@H](C)N. The van der Waals surface area contributed by atoms with Gasteiger partial charge >= 0.3 is 0 Å². The Balaban J connectivity index is 2.19. The summed E-state index contributed by atoms with van der Waals surface area (Å²) in [6.07, 6.45) is 0. The molecule has 0 aliphatic carbocycles.